The van der Waals surface area contributed by atoms with Gasteiger partial charge in [-0.15, -0.1) is 0 Å². The number of halogens is 1. The first kappa shape index (κ1) is 17.8. The third-order valence-corrected chi connectivity index (χ3v) is 4.06. The fourth-order valence-electron chi connectivity index (χ4n) is 2.47. The quantitative estimate of drug-likeness (QED) is 0.328. The second-order valence-corrected chi connectivity index (χ2v) is 6.05. The van der Waals surface area contributed by atoms with Gasteiger partial charge >= 0.3 is 0 Å². The van der Waals surface area contributed by atoms with Crippen molar-refractivity contribution >= 4 is 28.3 Å². The maximum Gasteiger partial charge on any atom is 0.223 e. The molecule has 0 amide bonds. The smallest absolute Gasteiger partial charge is 0.223 e. The van der Waals surface area contributed by atoms with E-state index in [9.17, 15) is 0 Å². The summed E-state index contributed by atoms with van der Waals surface area (Å²) in [6, 6.07) is 21.7. The Morgan fingerprint density at radius 1 is 0.846 bits per heavy atom. The summed E-state index contributed by atoms with van der Waals surface area (Å²) in [5, 5.41) is 0.160. The van der Waals surface area contributed by atoms with Crippen LogP contribution in [0.4, 0.5) is 0 Å². The lowest BCUT2D eigenvalue weighted by Crippen LogP contribution is -1.97. The SMILES string of the molecule is C=C(N=C(Cl)/N=C(\C)c1ccccc1)c1ccc(-c2cccnc2)cc1. The maximum absolute atomic E-state index is 6.19. The number of benzene rings is 2. The molecule has 0 aliphatic carbocycles. The van der Waals surface area contributed by atoms with Crippen molar-refractivity contribution in [2.45, 2.75) is 6.92 Å². The van der Waals surface area contributed by atoms with Gasteiger partial charge in [0.25, 0.3) is 0 Å². The molecule has 26 heavy (non-hydrogen) atoms. The lowest BCUT2D eigenvalue weighted by atomic mass is 10.0. The van der Waals surface area contributed by atoms with Gasteiger partial charge in [-0.2, -0.15) is 0 Å². The van der Waals surface area contributed by atoms with Crippen LogP contribution in [0.3, 0.4) is 0 Å². The lowest BCUT2D eigenvalue weighted by Gasteiger charge is -2.04. The minimum Gasteiger partial charge on any atom is -0.264 e. The molecule has 0 aliphatic rings. The molecule has 0 radical (unpaired) electrons. The molecule has 0 bridgehead atoms. The van der Waals surface area contributed by atoms with Gasteiger partial charge in [-0.1, -0.05) is 67.2 Å². The maximum atomic E-state index is 6.19. The number of aromatic nitrogens is 1. The first-order valence-electron chi connectivity index (χ1n) is 8.18. The van der Waals surface area contributed by atoms with Crippen LogP contribution >= 0.6 is 11.6 Å². The summed E-state index contributed by atoms with van der Waals surface area (Å²) in [4.78, 5) is 12.8. The van der Waals surface area contributed by atoms with Crippen LogP contribution in [-0.2, 0) is 0 Å². The summed E-state index contributed by atoms with van der Waals surface area (Å²) in [6.45, 7) is 5.90. The van der Waals surface area contributed by atoms with E-state index in [0.29, 0.717) is 5.70 Å². The number of pyridine rings is 1. The molecule has 128 valence electrons. The zero-order valence-corrected chi connectivity index (χ0v) is 15.2. The Hall–Kier alpha value is -3.04. The lowest BCUT2D eigenvalue weighted by molar-refractivity contribution is 1.33. The first-order valence-corrected chi connectivity index (χ1v) is 8.56. The molecule has 4 heteroatoms. The number of hydrogen-bond donors (Lipinski definition) is 0. The van der Waals surface area contributed by atoms with Gasteiger partial charge in [-0.25, -0.2) is 9.98 Å². The highest BCUT2D eigenvalue weighted by atomic mass is 35.5. The molecule has 1 aromatic heterocycles. The standard InChI is InChI=1S/C22H18ClN3/c1-16(18-7-4-3-5-8-18)25-22(23)26-17(2)19-10-12-20(13-11-19)21-9-6-14-24-15-21/h3-15H,2H2,1H3/b25-16+,26-22?. The molecule has 0 spiro atoms. The molecular formula is C22H18ClN3. The number of amidine groups is 1. The fraction of sp³-hybridized carbons (Fsp3) is 0.0455. The Bertz CT molecular complexity index is 944. The molecule has 0 aliphatic heterocycles. The van der Waals surface area contributed by atoms with E-state index in [1.807, 2.05) is 79.9 Å². The van der Waals surface area contributed by atoms with Gasteiger partial charge in [0.15, 0.2) is 0 Å². The van der Waals surface area contributed by atoms with E-state index in [1.54, 1.807) is 6.20 Å². The second-order valence-electron chi connectivity index (χ2n) is 5.71. The molecule has 3 nitrogen and oxygen atoms in total. The molecule has 1 heterocycles. The summed E-state index contributed by atoms with van der Waals surface area (Å²) < 4.78 is 0. The normalized spacial score (nSPS) is 12.1. The van der Waals surface area contributed by atoms with Crippen LogP contribution in [-0.4, -0.2) is 16.0 Å². The number of hydrogen-bond acceptors (Lipinski definition) is 2. The molecule has 0 unspecified atom stereocenters. The predicted octanol–water partition coefficient (Wildman–Crippen LogP) is 5.82. The van der Waals surface area contributed by atoms with E-state index in [4.69, 9.17) is 11.6 Å². The van der Waals surface area contributed by atoms with E-state index in [-0.39, 0.29) is 5.29 Å². The highest BCUT2D eigenvalue weighted by Gasteiger charge is 2.03. The predicted molar refractivity (Wildman–Crippen MR) is 111 cm³/mol. The van der Waals surface area contributed by atoms with E-state index in [1.165, 1.54) is 0 Å². The Kier molecular flexibility index (Phi) is 5.72. The van der Waals surface area contributed by atoms with Crippen molar-refractivity contribution in [3.05, 3.63) is 96.8 Å². The van der Waals surface area contributed by atoms with Crippen molar-refractivity contribution in [3.63, 3.8) is 0 Å². The van der Waals surface area contributed by atoms with Gasteiger partial charge in [0.2, 0.25) is 5.29 Å². The van der Waals surface area contributed by atoms with E-state index >= 15 is 0 Å². The first-order chi connectivity index (χ1) is 12.6. The van der Waals surface area contributed by atoms with Crippen molar-refractivity contribution in [2.75, 3.05) is 0 Å². The van der Waals surface area contributed by atoms with Crippen LogP contribution in [0.1, 0.15) is 18.1 Å². The Morgan fingerprint density at radius 3 is 2.23 bits per heavy atom. The van der Waals surface area contributed by atoms with Crippen LogP contribution in [0.2, 0.25) is 0 Å². The molecule has 3 rings (SSSR count). The minimum atomic E-state index is 0.160. The number of nitrogens with zero attached hydrogens (tertiary/aromatic N) is 3. The van der Waals surface area contributed by atoms with Crippen molar-refractivity contribution in [3.8, 4) is 11.1 Å². The summed E-state index contributed by atoms with van der Waals surface area (Å²) in [5.74, 6) is 0. The third-order valence-electron chi connectivity index (χ3n) is 3.89. The van der Waals surface area contributed by atoms with E-state index in [2.05, 4.69) is 21.5 Å². The van der Waals surface area contributed by atoms with E-state index in [0.717, 1.165) is 28.0 Å². The summed E-state index contributed by atoms with van der Waals surface area (Å²) >= 11 is 6.19. The van der Waals surface area contributed by atoms with Crippen molar-refractivity contribution < 1.29 is 0 Å². The van der Waals surface area contributed by atoms with Gasteiger partial charge < -0.3 is 0 Å². The van der Waals surface area contributed by atoms with Crippen LogP contribution in [0.15, 0.2) is 95.7 Å². The molecule has 3 aromatic rings. The summed E-state index contributed by atoms with van der Waals surface area (Å²) in [6.07, 6.45) is 3.59. The average Bonchev–Trinajstić information content (AvgIpc) is 2.69. The summed E-state index contributed by atoms with van der Waals surface area (Å²) in [5.41, 5.74) is 5.42. The third kappa shape index (κ3) is 4.52. The molecule has 2 aromatic carbocycles. The van der Waals surface area contributed by atoms with Crippen LogP contribution in [0.25, 0.3) is 16.8 Å². The monoisotopic (exact) mass is 359 g/mol. The topological polar surface area (TPSA) is 37.6 Å². The minimum absolute atomic E-state index is 0.160. The fourth-order valence-corrected chi connectivity index (χ4v) is 2.70. The zero-order chi connectivity index (χ0) is 18.4. The second kappa shape index (κ2) is 8.37. The van der Waals surface area contributed by atoms with E-state index < -0.39 is 0 Å². The van der Waals surface area contributed by atoms with Gasteiger partial charge in [0.1, 0.15) is 0 Å². The molecule has 0 atom stereocenters. The van der Waals surface area contributed by atoms with Gasteiger partial charge in [-0.3, -0.25) is 4.98 Å². The van der Waals surface area contributed by atoms with Crippen molar-refractivity contribution in [2.24, 2.45) is 9.98 Å². The molecule has 0 fully saturated rings. The summed E-state index contributed by atoms with van der Waals surface area (Å²) in [7, 11) is 0. The van der Waals surface area contributed by atoms with Crippen LogP contribution in [0.5, 0.6) is 0 Å². The molecular weight excluding hydrogens is 342 g/mol. The van der Waals surface area contributed by atoms with Crippen molar-refractivity contribution in [1.82, 2.24) is 4.98 Å². The Balaban J connectivity index is 1.76. The van der Waals surface area contributed by atoms with Gasteiger partial charge in [0, 0.05) is 18.1 Å². The highest BCUT2D eigenvalue weighted by molar-refractivity contribution is 6.66. The largest absolute Gasteiger partial charge is 0.264 e. The Morgan fingerprint density at radius 2 is 1.58 bits per heavy atom. The highest BCUT2D eigenvalue weighted by Crippen LogP contribution is 2.22. The number of rotatable bonds is 4. The Labute approximate surface area is 158 Å². The average molecular weight is 360 g/mol. The number of aliphatic imine (C=N–C) groups is 2. The van der Waals surface area contributed by atoms with Crippen molar-refractivity contribution in [1.29, 1.82) is 0 Å². The molecule has 0 saturated heterocycles. The molecule has 0 saturated carbocycles. The zero-order valence-electron chi connectivity index (χ0n) is 14.4. The van der Waals surface area contributed by atoms with Crippen LogP contribution < -0.4 is 0 Å². The van der Waals surface area contributed by atoms with Crippen LogP contribution in [0, 0.1) is 0 Å². The van der Waals surface area contributed by atoms with Gasteiger partial charge in [-0.05, 0) is 46.8 Å². The van der Waals surface area contributed by atoms with Gasteiger partial charge in [0.05, 0.1) is 5.70 Å². The molecule has 0 N–H and O–H groups in total.